The molecule has 1 aromatic carbocycles. The Bertz CT molecular complexity index is 645. The predicted molar refractivity (Wildman–Crippen MR) is 84.0 cm³/mol. The van der Waals surface area contributed by atoms with Crippen LogP contribution in [0.15, 0.2) is 29.2 Å². The van der Waals surface area contributed by atoms with Crippen LogP contribution in [0, 0.1) is 0 Å². The van der Waals surface area contributed by atoms with Gasteiger partial charge in [0.2, 0.25) is 15.9 Å². The van der Waals surface area contributed by atoms with E-state index < -0.39 is 10.0 Å². The maximum absolute atomic E-state index is 12.4. The average Bonchev–Trinajstić information content (AvgIpc) is 2.77. The van der Waals surface area contributed by atoms with Crippen molar-refractivity contribution in [2.75, 3.05) is 5.32 Å². The highest BCUT2D eigenvalue weighted by atomic mass is 32.2. The summed E-state index contributed by atoms with van der Waals surface area (Å²) in [6, 6.07) is 7.11. The molecule has 0 spiro atoms. The molecular weight excluding hydrogens is 302 g/mol. The first kappa shape index (κ1) is 15.5. The molecule has 3 rings (SSSR count). The van der Waals surface area contributed by atoms with Crippen LogP contribution in [-0.2, 0) is 14.8 Å². The minimum absolute atomic E-state index is 0.00114. The number of amides is 1. The molecule has 2 aliphatic rings. The molecule has 0 aliphatic carbocycles. The van der Waals surface area contributed by atoms with E-state index in [0.717, 1.165) is 25.7 Å². The molecule has 0 aromatic heterocycles. The molecule has 120 valence electrons. The van der Waals surface area contributed by atoms with Gasteiger partial charge >= 0.3 is 0 Å². The number of rotatable bonds is 4. The summed E-state index contributed by atoms with van der Waals surface area (Å²) in [5.41, 5.74) is 0.589. The highest BCUT2D eigenvalue weighted by Gasteiger charge is 2.35. The van der Waals surface area contributed by atoms with E-state index in [4.69, 9.17) is 0 Å². The summed E-state index contributed by atoms with van der Waals surface area (Å²) in [6.07, 6.45) is 3.96. The Labute approximate surface area is 130 Å². The number of hydrogen-bond acceptors (Lipinski definition) is 4. The van der Waals surface area contributed by atoms with Crippen molar-refractivity contribution in [3.8, 4) is 0 Å². The lowest BCUT2D eigenvalue weighted by molar-refractivity contribution is -0.114. The third kappa shape index (κ3) is 3.48. The van der Waals surface area contributed by atoms with Gasteiger partial charge in [-0.2, -0.15) is 0 Å². The van der Waals surface area contributed by atoms with Gasteiger partial charge in [-0.25, -0.2) is 13.1 Å². The Balaban J connectivity index is 1.68. The molecule has 22 heavy (non-hydrogen) atoms. The van der Waals surface area contributed by atoms with Crippen LogP contribution in [0.2, 0.25) is 0 Å². The number of benzene rings is 1. The largest absolute Gasteiger partial charge is 0.326 e. The number of nitrogens with one attached hydrogen (secondary N) is 3. The molecule has 2 heterocycles. The van der Waals surface area contributed by atoms with Crippen molar-refractivity contribution >= 4 is 21.6 Å². The van der Waals surface area contributed by atoms with Crippen molar-refractivity contribution in [1.29, 1.82) is 0 Å². The zero-order valence-electron chi connectivity index (χ0n) is 12.5. The summed E-state index contributed by atoms with van der Waals surface area (Å²) in [7, 11) is -3.51. The lowest BCUT2D eigenvalue weighted by Gasteiger charge is -2.29. The normalized spacial score (nSPS) is 27.6. The first-order valence-electron chi connectivity index (χ1n) is 7.58. The van der Waals surface area contributed by atoms with Crippen LogP contribution < -0.4 is 15.4 Å². The number of hydrogen-bond donors (Lipinski definition) is 3. The fourth-order valence-electron chi connectivity index (χ4n) is 3.36. The number of sulfonamides is 1. The summed E-state index contributed by atoms with van der Waals surface area (Å²) in [6.45, 7) is 1.41. The van der Waals surface area contributed by atoms with Crippen LogP contribution >= 0.6 is 0 Å². The van der Waals surface area contributed by atoms with Gasteiger partial charge in [-0.05, 0) is 49.9 Å². The van der Waals surface area contributed by atoms with Gasteiger partial charge in [0.05, 0.1) is 4.90 Å². The Hall–Kier alpha value is -1.44. The molecule has 2 atom stereocenters. The van der Waals surface area contributed by atoms with Crippen LogP contribution in [0.1, 0.15) is 32.6 Å². The van der Waals surface area contributed by atoms with E-state index in [1.807, 2.05) is 0 Å². The minimum atomic E-state index is -3.51. The molecule has 2 saturated heterocycles. The van der Waals surface area contributed by atoms with Gasteiger partial charge < -0.3 is 10.6 Å². The summed E-state index contributed by atoms with van der Waals surface area (Å²) >= 11 is 0. The maximum Gasteiger partial charge on any atom is 0.240 e. The zero-order chi connectivity index (χ0) is 15.7. The Kier molecular flexibility index (Phi) is 4.20. The molecule has 2 unspecified atom stereocenters. The van der Waals surface area contributed by atoms with Crippen molar-refractivity contribution in [2.24, 2.45) is 0 Å². The van der Waals surface area contributed by atoms with Crippen LogP contribution in [0.5, 0.6) is 0 Å². The van der Waals surface area contributed by atoms with Crippen LogP contribution in [0.3, 0.4) is 0 Å². The third-order valence-electron chi connectivity index (χ3n) is 4.28. The smallest absolute Gasteiger partial charge is 0.240 e. The van der Waals surface area contributed by atoms with Crippen molar-refractivity contribution < 1.29 is 13.2 Å². The SMILES string of the molecule is CC(=O)Nc1ccc(S(=O)(=O)NC2CC3CCC(C2)N3)cc1. The molecule has 7 heteroatoms. The van der Waals surface area contributed by atoms with E-state index in [2.05, 4.69) is 15.4 Å². The number of anilines is 1. The summed E-state index contributed by atoms with van der Waals surface area (Å²) < 4.78 is 27.7. The van der Waals surface area contributed by atoms with E-state index in [0.29, 0.717) is 17.8 Å². The molecule has 6 nitrogen and oxygen atoms in total. The second-order valence-corrected chi connectivity index (χ2v) is 7.85. The lowest BCUT2D eigenvalue weighted by Crippen LogP contribution is -2.47. The fourth-order valence-corrected chi connectivity index (χ4v) is 4.62. The third-order valence-corrected chi connectivity index (χ3v) is 5.82. The molecule has 0 radical (unpaired) electrons. The fraction of sp³-hybridized carbons (Fsp3) is 0.533. The van der Waals surface area contributed by atoms with Gasteiger partial charge in [0.25, 0.3) is 0 Å². The molecule has 2 fully saturated rings. The lowest BCUT2D eigenvalue weighted by atomic mass is 10.0. The van der Waals surface area contributed by atoms with E-state index in [1.165, 1.54) is 19.1 Å². The van der Waals surface area contributed by atoms with Crippen LogP contribution in [0.4, 0.5) is 5.69 Å². The van der Waals surface area contributed by atoms with E-state index >= 15 is 0 Å². The predicted octanol–water partition coefficient (Wildman–Crippen LogP) is 1.21. The van der Waals surface area contributed by atoms with Gasteiger partial charge in [0.1, 0.15) is 0 Å². The standard InChI is InChI=1S/C15H21N3O3S/c1-10(19)16-11-4-6-15(7-5-11)22(20,21)18-14-8-12-2-3-13(9-14)17-12/h4-7,12-14,17-18H,2-3,8-9H2,1H3,(H,16,19). The molecular formula is C15H21N3O3S. The molecule has 3 N–H and O–H groups in total. The van der Waals surface area contributed by atoms with Gasteiger partial charge in [-0.15, -0.1) is 0 Å². The molecule has 2 bridgehead atoms. The first-order valence-corrected chi connectivity index (χ1v) is 9.07. The summed E-state index contributed by atoms with van der Waals surface area (Å²) in [5.74, 6) is -0.182. The molecule has 0 saturated carbocycles. The number of carbonyl (C=O) groups is 1. The Morgan fingerprint density at radius 2 is 1.73 bits per heavy atom. The van der Waals surface area contributed by atoms with E-state index in [9.17, 15) is 13.2 Å². The highest BCUT2D eigenvalue weighted by Crippen LogP contribution is 2.27. The van der Waals surface area contributed by atoms with Gasteiger partial charge in [-0.3, -0.25) is 4.79 Å². The number of carbonyl (C=O) groups excluding carboxylic acids is 1. The molecule has 1 aromatic rings. The Morgan fingerprint density at radius 3 is 2.27 bits per heavy atom. The second kappa shape index (κ2) is 5.98. The van der Waals surface area contributed by atoms with Gasteiger partial charge in [0.15, 0.2) is 0 Å². The first-order chi connectivity index (χ1) is 10.4. The zero-order valence-corrected chi connectivity index (χ0v) is 13.3. The quantitative estimate of drug-likeness (QED) is 0.777. The van der Waals surface area contributed by atoms with Gasteiger partial charge in [0, 0.05) is 30.7 Å². The average molecular weight is 323 g/mol. The summed E-state index contributed by atoms with van der Waals surface area (Å²) in [4.78, 5) is 11.2. The minimum Gasteiger partial charge on any atom is -0.326 e. The van der Waals surface area contributed by atoms with Crippen LogP contribution in [0.25, 0.3) is 0 Å². The molecule has 1 amide bonds. The number of fused-ring (bicyclic) bond motifs is 2. The number of piperidine rings is 1. The monoisotopic (exact) mass is 323 g/mol. The topological polar surface area (TPSA) is 87.3 Å². The van der Waals surface area contributed by atoms with E-state index in [-0.39, 0.29) is 16.8 Å². The second-order valence-electron chi connectivity index (χ2n) is 6.13. The van der Waals surface area contributed by atoms with Crippen molar-refractivity contribution in [2.45, 2.75) is 55.6 Å². The van der Waals surface area contributed by atoms with Crippen molar-refractivity contribution in [3.63, 3.8) is 0 Å². The van der Waals surface area contributed by atoms with E-state index in [1.54, 1.807) is 12.1 Å². The molecule has 2 aliphatic heterocycles. The maximum atomic E-state index is 12.4. The van der Waals surface area contributed by atoms with Crippen molar-refractivity contribution in [1.82, 2.24) is 10.0 Å². The Morgan fingerprint density at radius 1 is 1.14 bits per heavy atom. The summed E-state index contributed by atoms with van der Waals surface area (Å²) in [5, 5.41) is 6.12. The van der Waals surface area contributed by atoms with Crippen molar-refractivity contribution in [3.05, 3.63) is 24.3 Å². The van der Waals surface area contributed by atoms with Crippen LogP contribution in [-0.4, -0.2) is 32.5 Å². The van der Waals surface area contributed by atoms with Gasteiger partial charge in [-0.1, -0.05) is 0 Å². The highest BCUT2D eigenvalue weighted by molar-refractivity contribution is 7.89.